The number of likely N-dealkylation sites (N-methyl/N-ethyl adjacent to an activating group) is 1. The third-order valence-corrected chi connectivity index (χ3v) is 5.42. The van der Waals surface area contributed by atoms with Crippen molar-refractivity contribution in [1.82, 2.24) is 19.7 Å². The van der Waals surface area contributed by atoms with Crippen LogP contribution in [0.25, 0.3) is 10.9 Å². The quantitative estimate of drug-likeness (QED) is 0.591. The molecule has 1 aliphatic rings. The van der Waals surface area contributed by atoms with Gasteiger partial charge in [0.1, 0.15) is 0 Å². The largest absolute Gasteiger partial charge is 0.481 e. The minimum Gasteiger partial charge on any atom is -0.481 e. The summed E-state index contributed by atoms with van der Waals surface area (Å²) in [7, 11) is 3.47. The predicted molar refractivity (Wildman–Crippen MR) is 114 cm³/mol. The minimum atomic E-state index is -0.977. The number of hydrogen-bond acceptors (Lipinski definition) is 5. The van der Waals surface area contributed by atoms with Gasteiger partial charge in [0.05, 0.1) is 12.5 Å². The molecule has 9 nitrogen and oxygen atoms in total. The van der Waals surface area contributed by atoms with Crippen LogP contribution < -0.4 is 5.32 Å². The summed E-state index contributed by atoms with van der Waals surface area (Å²) in [6.45, 7) is 3.44. The molecule has 2 aromatic rings. The number of rotatable bonds is 8. The molecule has 1 aromatic heterocycles. The van der Waals surface area contributed by atoms with Gasteiger partial charge in [-0.25, -0.2) is 0 Å². The zero-order valence-corrected chi connectivity index (χ0v) is 17.4. The van der Waals surface area contributed by atoms with Gasteiger partial charge in [-0.15, -0.1) is 0 Å². The van der Waals surface area contributed by atoms with Crippen molar-refractivity contribution >= 4 is 34.4 Å². The smallest absolute Gasteiger partial charge is 0.308 e. The third kappa shape index (κ3) is 5.80. The molecule has 0 aliphatic carbocycles. The van der Waals surface area contributed by atoms with Crippen LogP contribution in [0.4, 0.5) is 5.69 Å². The highest BCUT2D eigenvalue weighted by Gasteiger charge is 2.27. The van der Waals surface area contributed by atoms with Gasteiger partial charge < -0.3 is 20.3 Å². The average molecular weight is 415 g/mol. The number of nitrogens with one attached hydrogen (secondary N) is 2. The fraction of sp³-hybridized carbons (Fsp3) is 0.476. The maximum atomic E-state index is 12.4. The molecular weight excluding hydrogens is 386 g/mol. The van der Waals surface area contributed by atoms with E-state index in [1.807, 2.05) is 29.3 Å². The van der Waals surface area contributed by atoms with Gasteiger partial charge in [0.25, 0.3) is 0 Å². The van der Waals surface area contributed by atoms with Gasteiger partial charge in [-0.2, -0.15) is 0 Å². The van der Waals surface area contributed by atoms with Crippen molar-refractivity contribution in [1.29, 1.82) is 0 Å². The monoisotopic (exact) mass is 415 g/mol. The van der Waals surface area contributed by atoms with Crippen LogP contribution in [0, 0.1) is 5.92 Å². The van der Waals surface area contributed by atoms with Crippen molar-refractivity contribution in [3.05, 3.63) is 30.5 Å². The summed E-state index contributed by atoms with van der Waals surface area (Å²) in [6.07, 6.45) is 1.74. The Hall–Kier alpha value is -2.91. The SMILES string of the molecule is CN(C)C(=O)CN1CCN(C[C@H](CC(=O)Nc2ccc3cc[nH]c3c2)C(=O)O)CC1. The van der Waals surface area contributed by atoms with Gasteiger partial charge in [0.2, 0.25) is 11.8 Å². The number of aromatic amines is 1. The molecule has 1 atom stereocenters. The van der Waals surface area contributed by atoms with Gasteiger partial charge in [-0.1, -0.05) is 6.07 Å². The molecule has 2 heterocycles. The molecule has 9 heteroatoms. The molecule has 0 radical (unpaired) electrons. The number of hydrogen-bond donors (Lipinski definition) is 3. The van der Waals surface area contributed by atoms with Crippen LogP contribution in [0.15, 0.2) is 30.5 Å². The summed E-state index contributed by atoms with van der Waals surface area (Å²) in [4.78, 5) is 44.7. The van der Waals surface area contributed by atoms with E-state index in [1.54, 1.807) is 25.1 Å². The first-order chi connectivity index (χ1) is 14.3. The lowest BCUT2D eigenvalue weighted by Crippen LogP contribution is -2.50. The van der Waals surface area contributed by atoms with Gasteiger partial charge in [0, 0.05) is 70.6 Å². The molecule has 1 aromatic carbocycles. The highest BCUT2D eigenvalue weighted by molar-refractivity contribution is 5.95. The lowest BCUT2D eigenvalue weighted by Gasteiger charge is -2.35. The van der Waals surface area contributed by atoms with E-state index in [4.69, 9.17) is 0 Å². The number of fused-ring (bicyclic) bond motifs is 1. The number of piperazine rings is 1. The molecule has 162 valence electrons. The Balaban J connectivity index is 1.49. The number of aromatic nitrogens is 1. The van der Waals surface area contributed by atoms with Gasteiger partial charge >= 0.3 is 5.97 Å². The molecule has 0 spiro atoms. The maximum Gasteiger partial charge on any atom is 0.308 e. The second kappa shape index (κ2) is 9.73. The Morgan fingerprint density at radius 1 is 1.13 bits per heavy atom. The predicted octanol–water partition coefficient (Wildman–Crippen LogP) is 0.903. The summed E-state index contributed by atoms with van der Waals surface area (Å²) in [6, 6.07) is 7.48. The summed E-state index contributed by atoms with van der Waals surface area (Å²) >= 11 is 0. The molecule has 1 saturated heterocycles. The van der Waals surface area contributed by atoms with Crippen molar-refractivity contribution in [3.63, 3.8) is 0 Å². The molecule has 30 heavy (non-hydrogen) atoms. The maximum absolute atomic E-state index is 12.4. The van der Waals surface area contributed by atoms with E-state index in [0.29, 0.717) is 45.0 Å². The van der Waals surface area contributed by atoms with E-state index in [2.05, 4.69) is 15.2 Å². The number of amides is 2. The Bertz CT molecular complexity index is 902. The first-order valence-electron chi connectivity index (χ1n) is 10.1. The fourth-order valence-electron chi connectivity index (χ4n) is 3.57. The minimum absolute atomic E-state index is 0.0565. The molecule has 0 saturated carbocycles. The number of carboxylic acids is 1. The van der Waals surface area contributed by atoms with E-state index in [9.17, 15) is 19.5 Å². The highest BCUT2D eigenvalue weighted by Crippen LogP contribution is 2.18. The van der Waals surface area contributed by atoms with Crippen LogP contribution >= 0.6 is 0 Å². The van der Waals surface area contributed by atoms with E-state index in [-0.39, 0.29) is 18.2 Å². The number of benzene rings is 1. The normalized spacial score (nSPS) is 16.3. The average Bonchev–Trinajstić information content (AvgIpc) is 3.16. The van der Waals surface area contributed by atoms with E-state index in [0.717, 1.165) is 10.9 Å². The van der Waals surface area contributed by atoms with Crippen LogP contribution in [0.3, 0.4) is 0 Å². The molecular formula is C21H29N5O4. The van der Waals surface area contributed by atoms with Crippen molar-refractivity contribution in [2.24, 2.45) is 5.92 Å². The van der Waals surface area contributed by atoms with Crippen LogP contribution in [0.2, 0.25) is 0 Å². The summed E-state index contributed by atoms with van der Waals surface area (Å²) in [5.74, 6) is -2.02. The lowest BCUT2D eigenvalue weighted by molar-refractivity contribution is -0.144. The first kappa shape index (κ1) is 21.8. The zero-order valence-electron chi connectivity index (χ0n) is 17.4. The van der Waals surface area contributed by atoms with Gasteiger partial charge in [0.15, 0.2) is 0 Å². The van der Waals surface area contributed by atoms with Crippen molar-refractivity contribution in [3.8, 4) is 0 Å². The number of nitrogens with zero attached hydrogens (tertiary/aromatic N) is 3. The topological polar surface area (TPSA) is 109 Å². The lowest BCUT2D eigenvalue weighted by atomic mass is 10.0. The van der Waals surface area contributed by atoms with Gasteiger partial charge in [-0.3, -0.25) is 24.2 Å². The van der Waals surface area contributed by atoms with E-state index < -0.39 is 11.9 Å². The molecule has 3 rings (SSSR count). The number of carbonyl (C=O) groups excluding carboxylic acids is 2. The number of aliphatic carboxylic acids is 1. The molecule has 0 unspecified atom stereocenters. The molecule has 2 amide bonds. The summed E-state index contributed by atoms with van der Waals surface area (Å²) in [5.41, 5.74) is 1.55. The van der Waals surface area contributed by atoms with Crippen LogP contribution in [0.5, 0.6) is 0 Å². The first-order valence-corrected chi connectivity index (χ1v) is 10.1. The fourth-order valence-corrected chi connectivity index (χ4v) is 3.57. The molecule has 0 bridgehead atoms. The highest BCUT2D eigenvalue weighted by atomic mass is 16.4. The Labute approximate surface area is 175 Å². The second-order valence-electron chi connectivity index (χ2n) is 7.93. The molecule has 3 N–H and O–H groups in total. The number of carboxylic acid groups (broad SMARTS) is 1. The third-order valence-electron chi connectivity index (χ3n) is 5.42. The van der Waals surface area contributed by atoms with E-state index in [1.165, 1.54) is 0 Å². The second-order valence-corrected chi connectivity index (χ2v) is 7.93. The zero-order chi connectivity index (χ0) is 21.7. The van der Waals surface area contributed by atoms with Crippen molar-refractivity contribution in [2.75, 3.05) is 58.7 Å². The number of anilines is 1. The standard InChI is InChI=1S/C21H29N5O4/c1-24(2)20(28)14-26-9-7-25(8-10-26)13-16(21(29)30)11-19(27)23-17-4-3-15-5-6-22-18(15)12-17/h3-6,12,16,22H,7-11,13-14H2,1-2H3,(H,23,27)(H,29,30)/t16-/m0/s1. The Morgan fingerprint density at radius 3 is 2.50 bits per heavy atom. The molecule has 1 fully saturated rings. The molecule has 1 aliphatic heterocycles. The number of carbonyl (C=O) groups is 3. The van der Waals surface area contributed by atoms with Crippen LogP contribution in [-0.2, 0) is 14.4 Å². The Kier molecular flexibility index (Phi) is 7.07. The number of H-pyrrole nitrogens is 1. The summed E-state index contributed by atoms with van der Waals surface area (Å²) < 4.78 is 0. The van der Waals surface area contributed by atoms with Crippen LogP contribution in [0.1, 0.15) is 6.42 Å². The summed E-state index contributed by atoms with van der Waals surface area (Å²) in [5, 5.41) is 13.4. The Morgan fingerprint density at radius 2 is 1.83 bits per heavy atom. The van der Waals surface area contributed by atoms with Crippen molar-refractivity contribution < 1.29 is 19.5 Å². The van der Waals surface area contributed by atoms with E-state index >= 15 is 0 Å². The van der Waals surface area contributed by atoms with Crippen LogP contribution in [-0.4, -0.2) is 95.9 Å². The van der Waals surface area contributed by atoms with Crippen molar-refractivity contribution in [2.45, 2.75) is 6.42 Å². The van der Waals surface area contributed by atoms with Gasteiger partial charge in [-0.05, 0) is 23.6 Å².